The third-order valence-corrected chi connectivity index (χ3v) is 1.99. The fraction of sp³-hybridized carbons (Fsp3) is 0.727. The van der Waals surface area contributed by atoms with Crippen LogP contribution < -0.4 is 21.3 Å². The van der Waals surface area contributed by atoms with E-state index in [4.69, 9.17) is 0 Å². The predicted octanol–water partition coefficient (Wildman–Crippen LogP) is -0.662. The van der Waals surface area contributed by atoms with Crippen LogP contribution in [0, 0.1) is 0 Å². The fourth-order valence-electron chi connectivity index (χ4n) is 1.13. The summed E-state index contributed by atoms with van der Waals surface area (Å²) in [6.07, 6.45) is 1.11. The molecule has 0 fully saturated rings. The molecule has 0 aliphatic heterocycles. The molecule has 0 aromatic carbocycles. The number of nitrogens with one attached hydrogen (secondary N) is 4. The van der Waals surface area contributed by atoms with Crippen LogP contribution in [0.3, 0.4) is 0 Å². The summed E-state index contributed by atoms with van der Waals surface area (Å²) in [5.41, 5.74) is 0. The van der Waals surface area contributed by atoms with Gasteiger partial charge in [0.2, 0.25) is 11.8 Å². The van der Waals surface area contributed by atoms with Gasteiger partial charge in [0, 0.05) is 26.1 Å². The predicted molar refractivity (Wildman–Crippen MR) is 68.0 cm³/mol. The van der Waals surface area contributed by atoms with E-state index < -0.39 is 6.03 Å². The van der Waals surface area contributed by atoms with Crippen molar-refractivity contribution >= 4 is 17.8 Å². The van der Waals surface area contributed by atoms with Crippen LogP contribution in [0.1, 0.15) is 26.7 Å². The molecule has 0 aliphatic carbocycles. The van der Waals surface area contributed by atoms with Crippen molar-refractivity contribution in [2.24, 2.45) is 0 Å². The maximum Gasteiger partial charge on any atom is 0.315 e. The summed E-state index contributed by atoms with van der Waals surface area (Å²) < 4.78 is 0. The Labute approximate surface area is 107 Å². The molecular weight excluding hydrogens is 236 g/mol. The highest BCUT2D eigenvalue weighted by molar-refractivity contribution is 5.84. The molecule has 0 saturated carbocycles. The van der Waals surface area contributed by atoms with Crippen molar-refractivity contribution in [2.45, 2.75) is 26.7 Å². The van der Waals surface area contributed by atoms with Crippen LogP contribution in [0.25, 0.3) is 0 Å². The number of urea groups is 1. The molecule has 0 radical (unpaired) electrons. The third-order valence-electron chi connectivity index (χ3n) is 1.99. The van der Waals surface area contributed by atoms with Crippen LogP contribution in [0.15, 0.2) is 0 Å². The van der Waals surface area contributed by atoms with Gasteiger partial charge in [-0.25, -0.2) is 4.79 Å². The molecular formula is C11H22N4O3. The highest BCUT2D eigenvalue weighted by atomic mass is 16.2. The zero-order valence-electron chi connectivity index (χ0n) is 11.0. The van der Waals surface area contributed by atoms with Gasteiger partial charge in [-0.3, -0.25) is 9.59 Å². The van der Waals surface area contributed by atoms with Crippen molar-refractivity contribution < 1.29 is 14.4 Å². The Morgan fingerprint density at radius 1 is 0.833 bits per heavy atom. The topological polar surface area (TPSA) is 99.3 Å². The molecule has 0 atom stereocenters. The molecule has 7 heteroatoms. The number of carbonyl (C=O) groups excluding carboxylic acids is 3. The Bertz CT molecular complexity index is 281. The smallest absolute Gasteiger partial charge is 0.315 e. The molecule has 0 heterocycles. The highest BCUT2D eigenvalue weighted by Gasteiger charge is 2.05. The number of hydrogen-bond donors (Lipinski definition) is 4. The minimum absolute atomic E-state index is 0.0678. The van der Waals surface area contributed by atoms with Gasteiger partial charge in [0.1, 0.15) is 0 Å². The molecule has 4 amide bonds. The number of hydrogen-bond acceptors (Lipinski definition) is 3. The first-order chi connectivity index (χ1) is 8.60. The first-order valence-electron chi connectivity index (χ1n) is 6.15. The summed E-state index contributed by atoms with van der Waals surface area (Å²) in [4.78, 5) is 33.4. The SMILES string of the molecule is CCCNC(=O)CCNC(=O)NCC(=O)NCC. The molecule has 4 N–H and O–H groups in total. The van der Waals surface area contributed by atoms with Gasteiger partial charge in [-0.05, 0) is 13.3 Å². The summed E-state index contributed by atoms with van der Waals surface area (Å²) in [5, 5.41) is 10.1. The van der Waals surface area contributed by atoms with Crippen molar-refractivity contribution in [3.63, 3.8) is 0 Å². The van der Waals surface area contributed by atoms with E-state index >= 15 is 0 Å². The fourth-order valence-corrected chi connectivity index (χ4v) is 1.13. The van der Waals surface area contributed by atoms with Crippen LogP contribution in [-0.4, -0.2) is 44.0 Å². The molecule has 0 aromatic heterocycles. The van der Waals surface area contributed by atoms with Crippen molar-refractivity contribution in [1.82, 2.24) is 21.3 Å². The van der Waals surface area contributed by atoms with E-state index in [0.717, 1.165) is 6.42 Å². The van der Waals surface area contributed by atoms with Gasteiger partial charge in [-0.2, -0.15) is 0 Å². The third kappa shape index (κ3) is 9.44. The standard InChI is InChI=1S/C11H22N4O3/c1-3-6-13-9(16)5-7-14-11(18)15-8-10(17)12-4-2/h3-8H2,1-2H3,(H,12,17)(H,13,16)(H2,14,15,18). The van der Waals surface area contributed by atoms with Crippen molar-refractivity contribution in [3.05, 3.63) is 0 Å². The van der Waals surface area contributed by atoms with Crippen LogP contribution in [0.4, 0.5) is 4.79 Å². The average molecular weight is 258 g/mol. The molecule has 0 unspecified atom stereocenters. The lowest BCUT2D eigenvalue weighted by Crippen LogP contribution is -2.42. The van der Waals surface area contributed by atoms with Gasteiger partial charge < -0.3 is 21.3 Å². The lowest BCUT2D eigenvalue weighted by atomic mass is 10.4. The molecule has 0 rings (SSSR count). The van der Waals surface area contributed by atoms with Crippen LogP contribution in [0.2, 0.25) is 0 Å². The van der Waals surface area contributed by atoms with E-state index in [0.29, 0.717) is 13.1 Å². The van der Waals surface area contributed by atoms with Crippen molar-refractivity contribution in [3.8, 4) is 0 Å². The molecule has 0 saturated heterocycles. The lowest BCUT2D eigenvalue weighted by molar-refractivity contribution is -0.121. The summed E-state index contributed by atoms with van der Waals surface area (Å²) in [6.45, 7) is 5.11. The van der Waals surface area contributed by atoms with Gasteiger partial charge in [-0.1, -0.05) is 6.92 Å². The van der Waals surface area contributed by atoms with Gasteiger partial charge in [0.15, 0.2) is 0 Å². The first-order valence-corrected chi connectivity index (χ1v) is 6.15. The van der Waals surface area contributed by atoms with Gasteiger partial charge >= 0.3 is 6.03 Å². The molecule has 104 valence electrons. The second-order valence-electron chi connectivity index (χ2n) is 3.66. The molecule has 18 heavy (non-hydrogen) atoms. The second kappa shape index (κ2) is 10.4. The summed E-state index contributed by atoms with van der Waals surface area (Å²) >= 11 is 0. The molecule has 0 aliphatic rings. The van der Waals surface area contributed by atoms with Crippen molar-refractivity contribution in [2.75, 3.05) is 26.2 Å². The minimum Gasteiger partial charge on any atom is -0.356 e. The normalized spacial score (nSPS) is 9.44. The Morgan fingerprint density at radius 3 is 2.17 bits per heavy atom. The van der Waals surface area contributed by atoms with E-state index in [9.17, 15) is 14.4 Å². The van der Waals surface area contributed by atoms with E-state index in [1.165, 1.54) is 0 Å². The Kier molecular flexibility index (Phi) is 9.34. The Balaban J connectivity index is 3.53. The molecule has 7 nitrogen and oxygen atoms in total. The molecule has 0 bridgehead atoms. The summed E-state index contributed by atoms with van der Waals surface area (Å²) in [6, 6.07) is -0.454. The van der Waals surface area contributed by atoms with Gasteiger partial charge in [-0.15, -0.1) is 0 Å². The van der Waals surface area contributed by atoms with Crippen LogP contribution in [-0.2, 0) is 9.59 Å². The Morgan fingerprint density at radius 2 is 1.56 bits per heavy atom. The van der Waals surface area contributed by atoms with Crippen LogP contribution >= 0.6 is 0 Å². The number of carbonyl (C=O) groups is 3. The molecule has 0 aromatic rings. The first kappa shape index (κ1) is 16.2. The largest absolute Gasteiger partial charge is 0.356 e. The summed E-state index contributed by atoms with van der Waals surface area (Å²) in [5.74, 6) is -0.339. The van der Waals surface area contributed by atoms with Gasteiger partial charge in [0.25, 0.3) is 0 Å². The number of likely N-dealkylation sites (N-methyl/N-ethyl adjacent to an activating group) is 1. The van der Waals surface area contributed by atoms with E-state index in [-0.39, 0.29) is 31.3 Å². The zero-order chi connectivity index (χ0) is 13.8. The second-order valence-corrected chi connectivity index (χ2v) is 3.66. The Hall–Kier alpha value is -1.79. The number of rotatable bonds is 8. The molecule has 0 spiro atoms. The monoisotopic (exact) mass is 258 g/mol. The quantitative estimate of drug-likeness (QED) is 0.465. The number of amides is 4. The van der Waals surface area contributed by atoms with Crippen LogP contribution in [0.5, 0.6) is 0 Å². The minimum atomic E-state index is -0.454. The lowest BCUT2D eigenvalue weighted by Gasteiger charge is -2.07. The zero-order valence-corrected chi connectivity index (χ0v) is 11.0. The van der Waals surface area contributed by atoms with Gasteiger partial charge in [0.05, 0.1) is 6.54 Å². The summed E-state index contributed by atoms with van der Waals surface area (Å²) in [7, 11) is 0. The van der Waals surface area contributed by atoms with Crippen molar-refractivity contribution in [1.29, 1.82) is 0 Å². The maximum atomic E-state index is 11.2. The highest BCUT2D eigenvalue weighted by Crippen LogP contribution is 1.79. The maximum absolute atomic E-state index is 11.2. The average Bonchev–Trinajstić information content (AvgIpc) is 2.34. The van der Waals surface area contributed by atoms with E-state index in [1.807, 2.05) is 6.92 Å². The van der Waals surface area contributed by atoms with E-state index in [1.54, 1.807) is 6.92 Å². The van der Waals surface area contributed by atoms with E-state index in [2.05, 4.69) is 21.3 Å².